The number of nitrogens with zero attached hydrogens (tertiary/aromatic N) is 1. The molecule has 152 valence electrons. The van der Waals surface area contributed by atoms with Crippen LogP contribution in [0.15, 0.2) is 77.7 Å². The van der Waals surface area contributed by atoms with Crippen LogP contribution < -0.4 is 4.72 Å². The molecule has 0 aromatic heterocycles. The first kappa shape index (κ1) is 20.0. The van der Waals surface area contributed by atoms with Crippen molar-refractivity contribution in [1.29, 1.82) is 0 Å². The quantitative estimate of drug-likeness (QED) is 0.605. The second-order valence-corrected chi connectivity index (χ2v) is 9.10. The molecule has 0 spiro atoms. The van der Waals surface area contributed by atoms with Crippen molar-refractivity contribution in [2.45, 2.75) is 17.4 Å². The molecule has 1 fully saturated rings. The Labute approximate surface area is 172 Å². The number of fused-ring (bicyclic) bond motifs is 1. The van der Waals surface area contributed by atoms with Gasteiger partial charge in [-0.1, -0.05) is 60.7 Å². The number of sulfonamides is 1. The molecule has 3 aromatic carbocycles. The summed E-state index contributed by atoms with van der Waals surface area (Å²) in [7, 11) is -3.50. The van der Waals surface area contributed by atoms with E-state index in [0.29, 0.717) is 18.0 Å². The summed E-state index contributed by atoms with van der Waals surface area (Å²) in [5.41, 5.74) is 1.19. The van der Waals surface area contributed by atoms with E-state index in [9.17, 15) is 8.42 Å². The molecule has 5 nitrogen and oxygen atoms in total. The Morgan fingerprint density at radius 3 is 2.55 bits per heavy atom. The molecule has 0 radical (unpaired) electrons. The second-order valence-electron chi connectivity index (χ2n) is 7.33. The zero-order valence-electron chi connectivity index (χ0n) is 16.3. The van der Waals surface area contributed by atoms with Crippen LogP contribution >= 0.6 is 0 Å². The predicted octanol–water partition coefficient (Wildman–Crippen LogP) is 3.58. The zero-order chi connectivity index (χ0) is 20.1. The van der Waals surface area contributed by atoms with Crippen molar-refractivity contribution in [3.05, 3.63) is 78.4 Å². The van der Waals surface area contributed by atoms with Gasteiger partial charge in [-0.25, -0.2) is 13.1 Å². The second kappa shape index (κ2) is 9.05. The molecule has 1 heterocycles. The smallest absolute Gasteiger partial charge is 0.240 e. The van der Waals surface area contributed by atoms with E-state index in [-0.39, 0.29) is 6.10 Å². The lowest BCUT2D eigenvalue weighted by Gasteiger charge is -2.33. The van der Waals surface area contributed by atoms with Crippen molar-refractivity contribution >= 4 is 20.8 Å². The van der Waals surface area contributed by atoms with Crippen LogP contribution in [-0.4, -0.2) is 46.1 Å². The van der Waals surface area contributed by atoms with E-state index in [1.54, 1.807) is 12.1 Å². The number of morpholine rings is 1. The minimum Gasteiger partial charge on any atom is -0.371 e. The van der Waals surface area contributed by atoms with Gasteiger partial charge in [-0.15, -0.1) is 0 Å². The summed E-state index contributed by atoms with van der Waals surface area (Å²) in [5, 5.41) is 1.96. The molecule has 1 atom stereocenters. The Bertz CT molecular complexity index is 1050. The van der Waals surface area contributed by atoms with Gasteiger partial charge >= 0.3 is 0 Å². The normalized spacial score (nSPS) is 18.1. The van der Waals surface area contributed by atoms with Crippen LogP contribution in [-0.2, 0) is 14.8 Å². The first-order valence-corrected chi connectivity index (χ1v) is 11.5. The monoisotopic (exact) mass is 410 g/mol. The molecular weight excluding hydrogens is 384 g/mol. The molecule has 29 heavy (non-hydrogen) atoms. The van der Waals surface area contributed by atoms with Crippen LogP contribution in [0.3, 0.4) is 0 Å². The van der Waals surface area contributed by atoms with Gasteiger partial charge in [-0.3, -0.25) is 4.90 Å². The van der Waals surface area contributed by atoms with E-state index >= 15 is 0 Å². The predicted molar refractivity (Wildman–Crippen MR) is 115 cm³/mol. The maximum absolute atomic E-state index is 12.6. The molecule has 0 saturated carbocycles. The first-order chi connectivity index (χ1) is 14.1. The maximum atomic E-state index is 12.6. The summed E-state index contributed by atoms with van der Waals surface area (Å²) in [6.07, 6.45) is 0.841. The maximum Gasteiger partial charge on any atom is 0.240 e. The lowest BCUT2D eigenvalue weighted by Crippen LogP contribution is -2.39. The number of benzene rings is 3. The fraction of sp³-hybridized carbons (Fsp3) is 0.304. The van der Waals surface area contributed by atoms with Crippen LogP contribution in [0.4, 0.5) is 0 Å². The Kier molecular flexibility index (Phi) is 6.25. The van der Waals surface area contributed by atoms with Crippen LogP contribution in [0.25, 0.3) is 10.8 Å². The van der Waals surface area contributed by atoms with Gasteiger partial charge in [0.15, 0.2) is 0 Å². The highest BCUT2D eigenvalue weighted by Gasteiger charge is 2.21. The van der Waals surface area contributed by atoms with Crippen molar-refractivity contribution < 1.29 is 13.2 Å². The van der Waals surface area contributed by atoms with Gasteiger partial charge in [0.2, 0.25) is 10.0 Å². The van der Waals surface area contributed by atoms with E-state index in [0.717, 1.165) is 36.8 Å². The Hall–Kier alpha value is -2.25. The van der Waals surface area contributed by atoms with Gasteiger partial charge < -0.3 is 4.74 Å². The van der Waals surface area contributed by atoms with Crippen LogP contribution in [0.2, 0.25) is 0 Å². The highest BCUT2D eigenvalue weighted by molar-refractivity contribution is 7.89. The van der Waals surface area contributed by atoms with Gasteiger partial charge in [0.05, 0.1) is 17.6 Å². The van der Waals surface area contributed by atoms with Gasteiger partial charge in [0, 0.05) is 19.6 Å². The van der Waals surface area contributed by atoms with Crippen molar-refractivity contribution in [1.82, 2.24) is 9.62 Å². The van der Waals surface area contributed by atoms with E-state index in [2.05, 4.69) is 21.8 Å². The van der Waals surface area contributed by atoms with E-state index in [1.807, 2.05) is 48.5 Å². The third-order valence-corrected chi connectivity index (χ3v) is 6.76. The fourth-order valence-electron chi connectivity index (χ4n) is 3.70. The van der Waals surface area contributed by atoms with E-state index < -0.39 is 10.0 Å². The third-order valence-electron chi connectivity index (χ3n) is 5.30. The number of rotatable bonds is 7. The highest BCUT2D eigenvalue weighted by atomic mass is 32.2. The highest BCUT2D eigenvalue weighted by Crippen LogP contribution is 2.22. The Morgan fingerprint density at radius 2 is 1.72 bits per heavy atom. The lowest BCUT2D eigenvalue weighted by atomic mass is 10.1. The topological polar surface area (TPSA) is 58.6 Å². The fourth-order valence-corrected chi connectivity index (χ4v) is 4.81. The molecule has 1 saturated heterocycles. The number of hydrogen-bond donors (Lipinski definition) is 1. The first-order valence-electron chi connectivity index (χ1n) is 9.99. The molecule has 0 amide bonds. The van der Waals surface area contributed by atoms with E-state index in [1.165, 1.54) is 5.56 Å². The molecule has 1 N–H and O–H groups in total. The average molecular weight is 411 g/mol. The number of hydrogen-bond acceptors (Lipinski definition) is 4. The molecule has 4 rings (SSSR count). The van der Waals surface area contributed by atoms with Crippen molar-refractivity contribution in [3.8, 4) is 0 Å². The molecule has 3 aromatic rings. The van der Waals surface area contributed by atoms with E-state index in [4.69, 9.17) is 4.74 Å². The van der Waals surface area contributed by atoms with Crippen molar-refractivity contribution in [2.75, 3.05) is 32.8 Å². The minimum atomic E-state index is -3.50. The molecule has 0 aliphatic carbocycles. The Balaban J connectivity index is 1.29. The largest absolute Gasteiger partial charge is 0.371 e. The van der Waals surface area contributed by atoms with Crippen molar-refractivity contribution in [2.24, 2.45) is 0 Å². The summed E-state index contributed by atoms with van der Waals surface area (Å²) in [4.78, 5) is 2.65. The standard InChI is InChI=1S/C23H26N2O3S/c26-29(27,22-12-11-19-7-4-5-10-21(19)17-22)24-13-6-14-25-15-16-28-23(18-25)20-8-2-1-3-9-20/h1-5,7-12,17,23-24H,6,13-16,18H2. The summed E-state index contributed by atoms with van der Waals surface area (Å²) in [6, 6.07) is 23.2. The summed E-state index contributed by atoms with van der Waals surface area (Å²) in [5.74, 6) is 0. The number of ether oxygens (including phenoxy) is 1. The van der Waals surface area contributed by atoms with Crippen LogP contribution in [0, 0.1) is 0 Å². The molecule has 6 heteroatoms. The lowest BCUT2D eigenvalue weighted by molar-refractivity contribution is -0.0300. The summed E-state index contributed by atoms with van der Waals surface area (Å²) < 4.78 is 33.9. The van der Waals surface area contributed by atoms with Gasteiger partial charge in [0.25, 0.3) is 0 Å². The zero-order valence-corrected chi connectivity index (χ0v) is 17.1. The molecule has 1 unspecified atom stereocenters. The van der Waals surface area contributed by atoms with Crippen LogP contribution in [0.1, 0.15) is 18.1 Å². The SMILES string of the molecule is O=S(=O)(NCCCN1CCOC(c2ccccc2)C1)c1ccc2ccccc2c1. The molecule has 0 bridgehead atoms. The molecule has 1 aliphatic rings. The summed E-state index contributed by atoms with van der Waals surface area (Å²) >= 11 is 0. The average Bonchev–Trinajstić information content (AvgIpc) is 2.77. The van der Waals surface area contributed by atoms with Crippen molar-refractivity contribution in [3.63, 3.8) is 0 Å². The molecule has 1 aliphatic heterocycles. The third kappa shape index (κ3) is 5.03. The van der Waals surface area contributed by atoms with Gasteiger partial charge in [0.1, 0.15) is 0 Å². The molecular formula is C23H26N2O3S. The van der Waals surface area contributed by atoms with Gasteiger partial charge in [-0.05, 0) is 41.4 Å². The summed E-state index contributed by atoms with van der Waals surface area (Å²) in [6.45, 7) is 3.67. The Morgan fingerprint density at radius 1 is 0.966 bits per heavy atom. The minimum absolute atomic E-state index is 0.0826. The number of nitrogens with one attached hydrogen (secondary N) is 1. The van der Waals surface area contributed by atoms with Gasteiger partial charge in [-0.2, -0.15) is 0 Å². The van der Waals surface area contributed by atoms with Crippen LogP contribution in [0.5, 0.6) is 0 Å².